The number of hydrogen-bond donors (Lipinski definition) is 2. The standard InChI is InChI=1S/C18H14ClF4N5O3/c19-10-1-4-14(28-9-24-8-26-28)13(5-10)27-16(29)7-25-12-3-2-11(30-17(20)21)6-15(12)31-18(22)23/h1-6,8-9,17-18,25H,7H2,(H,27,29). The number of hydrogen-bond acceptors (Lipinski definition) is 6. The molecule has 0 saturated carbocycles. The number of ether oxygens (including phenoxy) is 2. The second-order valence-electron chi connectivity index (χ2n) is 5.82. The summed E-state index contributed by atoms with van der Waals surface area (Å²) in [5.74, 6) is -1.40. The number of aromatic nitrogens is 3. The molecule has 13 heteroatoms. The van der Waals surface area contributed by atoms with Gasteiger partial charge in [-0.2, -0.15) is 22.7 Å². The van der Waals surface area contributed by atoms with Crippen LogP contribution in [0.3, 0.4) is 0 Å². The Balaban J connectivity index is 1.72. The van der Waals surface area contributed by atoms with E-state index in [1.54, 1.807) is 12.1 Å². The molecule has 8 nitrogen and oxygen atoms in total. The number of nitrogens with zero attached hydrogens (tertiary/aromatic N) is 3. The largest absolute Gasteiger partial charge is 0.435 e. The molecule has 0 saturated heterocycles. The van der Waals surface area contributed by atoms with E-state index in [-0.39, 0.29) is 18.0 Å². The molecule has 164 valence electrons. The molecule has 0 radical (unpaired) electrons. The highest BCUT2D eigenvalue weighted by molar-refractivity contribution is 6.31. The first-order chi connectivity index (χ1) is 14.8. The Morgan fingerprint density at radius 1 is 1.06 bits per heavy atom. The number of anilines is 2. The van der Waals surface area contributed by atoms with Gasteiger partial charge in [0, 0.05) is 11.1 Å². The summed E-state index contributed by atoms with van der Waals surface area (Å²) in [5.41, 5.74) is 0.791. The van der Waals surface area contributed by atoms with Gasteiger partial charge in [-0.25, -0.2) is 9.67 Å². The van der Waals surface area contributed by atoms with Gasteiger partial charge in [0.05, 0.1) is 23.6 Å². The van der Waals surface area contributed by atoms with Crippen LogP contribution in [0.5, 0.6) is 11.5 Å². The molecule has 0 unspecified atom stereocenters. The quantitative estimate of drug-likeness (QED) is 0.467. The lowest BCUT2D eigenvalue weighted by Gasteiger charge is -2.15. The number of nitrogens with one attached hydrogen (secondary N) is 2. The highest BCUT2D eigenvalue weighted by Gasteiger charge is 2.15. The monoisotopic (exact) mass is 459 g/mol. The summed E-state index contributed by atoms with van der Waals surface area (Å²) in [6.45, 7) is -6.72. The summed E-state index contributed by atoms with van der Waals surface area (Å²) in [5, 5.41) is 9.57. The molecular formula is C18H14ClF4N5O3. The first-order valence-corrected chi connectivity index (χ1v) is 8.91. The zero-order chi connectivity index (χ0) is 22.4. The summed E-state index contributed by atoms with van der Waals surface area (Å²) in [6.07, 6.45) is 2.74. The molecule has 1 heterocycles. The van der Waals surface area contributed by atoms with Crippen molar-refractivity contribution in [2.75, 3.05) is 17.2 Å². The van der Waals surface area contributed by atoms with Gasteiger partial charge in [-0.15, -0.1) is 0 Å². The minimum atomic E-state index is -3.21. The van der Waals surface area contributed by atoms with Crippen molar-refractivity contribution in [1.82, 2.24) is 14.8 Å². The molecule has 2 N–H and O–H groups in total. The number of halogens is 5. The van der Waals surface area contributed by atoms with E-state index in [2.05, 4.69) is 30.2 Å². The van der Waals surface area contributed by atoms with Gasteiger partial charge in [0.25, 0.3) is 0 Å². The Bertz CT molecular complexity index is 1040. The van der Waals surface area contributed by atoms with Crippen molar-refractivity contribution in [3.63, 3.8) is 0 Å². The molecule has 0 bridgehead atoms. The highest BCUT2D eigenvalue weighted by Crippen LogP contribution is 2.31. The fourth-order valence-corrected chi connectivity index (χ4v) is 2.70. The Labute approximate surface area is 177 Å². The van der Waals surface area contributed by atoms with Crippen LogP contribution in [-0.4, -0.2) is 40.4 Å². The minimum Gasteiger partial charge on any atom is -0.435 e. The molecule has 0 spiro atoms. The third kappa shape index (κ3) is 6.22. The number of amides is 1. The minimum absolute atomic E-state index is 0.0281. The van der Waals surface area contributed by atoms with E-state index >= 15 is 0 Å². The van der Waals surface area contributed by atoms with E-state index < -0.39 is 24.9 Å². The topological polar surface area (TPSA) is 90.3 Å². The molecule has 31 heavy (non-hydrogen) atoms. The molecule has 0 aliphatic rings. The summed E-state index contributed by atoms with van der Waals surface area (Å²) in [6, 6.07) is 7.86. The fraction of sp³-hybridized carbons (Fsp3) is 0.167. The first-order valence-electron chi connectivity index (χ1n) is 8.54. The lowest BCUT2D eigenvalue weighted by atomic mass is 10.2. The predicted molar refractivity (Wildman–Crippen MR) is 103 cm³/mol. The van der Waals surface area contributed by atoms with E-state index in [4.69, 9.17) is 11.6 Å². The van der Waals surface area contributed by atoms with Crippen molar-refractivity contribution in [3.05, 3.63) is 54.1 Å². The molecular weight excluding hydrogens is 446 g/mol. The highest BCUT2D eigenvalue weighted by atomic mass is 35.5. The lowest BCUT2D eigenvalue weighted by Crippen LogP contribution is -2.23. The van der Waals surface area contributed by atoms with Crippen LogP contribution in [0, 0.1) is 0 Å². The molecule has 1 amide bonds. The average Bonchev–Trinajstić information content (AvgIpc) is 3.21. The smallest absolute Gasteiger partial charge is 0.387 e. The Hall–Kier alpha value is -3.54. The Morgan fingerprint density at radius 3 is 2.52 bits per heavy atom. The van der Waals surface area contributed by atoms with Crippen LogP contribution < -0.4 is 20.1 Å². The SMILES string of the molecule is O=C(CNc1ccc(OC(F)F)cc1OC(F)F)Nc1cc(Cl)ccc1-n1cncn1. The van der Waals surface area contributed by atoms with E-state index in [0.29, 0.717) is 16.4 Å². The number of benzene rings is 2. The zero-order valence-corrected chi connectivity index (χ0v) is 16.2. The predicted octanol–water partition coefficient (Wildman–Crippen LogP) is 4.17. The van der Waals surface area contributed by atoms with Crippen LogP contribution in [0.15, 0.2) is 49.1 Å². The number of carbonyl (C=O) groups excluding carboxylic acids is 1. The zero-order valence-electron chi connectivity index (χ0n) is 15.4. The van der Waals surface area contributed by atoms with Crippen molar-refractivity contribution >= 4 is 28.9 Å². The van der Waals surface area contributed by atoms with Crippen molar-refractivity contribution in [1.29, 1.82) is 0 Å². The third-order valence-corrected chi connectivity index (χ3v) is 3.97. The van der Waals surface area contributed by atoms with Gasteiger partial charge in [0.2, 0.25) is 5.91 Å². The van der Waals surface area contributed by atoms with Crippen LogP contribution >= 0.6 is 11.6 Å². The fourth-order valence-electron chi connectivity index (χ4n) is 2.53. The van der Waals surface area contributed by atoms with Crippen LogP contribution in [0.25, 0.3) is 5.69 Å². The molecule has 0 atom stereocenters. The second kappa shape index (κ2) is 9.98. The lowest BCUT2D eigenvalue weighted by molar-refractivity contribution is -0.114. The summed E-state index contributed by atoms with van der Waals surface area (Å²) in [4.78, 5) is 16.2. The molecule has 1 aromatic heterocycles. The van der Waals surface area contributed by atoms with E-state index in [0.717, 1.165) is 12.1 Å². The van der Waals surface area contributed by atoms with Crippen LogP contribution in [0.2, 0.25) is 5.02 Å². The maximum Gasteiger partial charge on any atom is 0.387 e. The molecule has 3 rings (SSSR count). The van der Waals surface area contributed by atoms with Crippen molar-refractivity contribution in [2.24, 2.45) is 0 Å². The summed E-state index contributed by atoms with van der Waals surface area (Å²) < 4.78 is 59.9. The molecule has 3 aromatic rings. The van der Waals surface area contributed by atoms with Gasteiger partial charge < -0.3 is 20.1 Å². The summed E-state index contributed by atoms with van der Waals surface area (Å²) in [7, 11) is 0. The maximum absolute atomic E-state index is 12.7. The van der Waals surface area contributed by atoms with Gasteiger partial charge in [0.1, 0.15) is 18.4 Å². The van der Waals surface area contributed by atoms with Gasteiger partial charge in [-0.1, -0.05) is 11.6 Å². The number of rotatable bonds is 9. The van der Waals surface area contributed by atoms with E-state index in [1.807, 2.05) is 0 Å². The van der Waals surface area contributed by atoms with Gasteiger partial charge in [-0.3, -0.25) is 4.79 Å². The van der Waals surface area contributed by atoms with Crippen LogP contribution in [0.4, 0.5) is 28.9 Å². The van der Waals surface area contributed by atoms with Crippen molar-refractivity contribution < 1.29 is 31.8 Å². The van der Waals surface area contributed by atoms with E-state index in [9.17, 15) is 22.4 Å². The summed E-state index contributed by atoms with van der Waals surface area (Å²) >= 11 is 5.99. The molecule has 0 fully saturated rings. The van der Waals surface area contributed by atoms with E-state index in [1.165, 1.54) is 29.5 Å². The molecule has 0 aliphatic carbocycles. The van der Waals surface area contributed by atoms with Gasteiger partial charge in [-0.05, 0) is 30.3 Å². The normalized spacial score (nSPS) is 10.9. The Morgan fingerprint density at radius 2 is 1.84 bits per heavy atom. The molecule has 2 aromatic carbocycles. The maximum atomic E-state index is 12.7. The second-order valence-corrected chi connectivity index (χ2v) is 6.25. The van der Waals surface area contributed by atoms with Gasteiger partial charge >= 0.3 is 13.2 Å². The van der Waals surface area contributed by atoms with Crippen LogP contribution in [-0.2, 0) is 4.79 Å². The Kier molecular flexibility index (Phi) is 7.13. The number of carbonyl (C=O) groups is 1. The first kappa shape index (κ1) is 22.2. The third-order valence-electron chi connectivity index (χ3n) is 3.73. The molecule has 0 aliphatic heterocycles. The van der Waals surface area contributed by atoms with Crippen molar-refractivity contribution in [3.8, 4) is 17.2 Å². The number of alkyl halides is 4. The van der Waals surface area contributed by atoms with Crippen LogP contribution in [0.1, 0.15) is 0 Å². The average molecular weight is 460 g/mol. The van der Waals surface area contributed by atoms with Gasteiger partial charge in [0.15, 0.2) is 5.75 Å². The van der Waals surface area contributed by atoms with Crippen molar-refractivity contribution in [2.45, 2.75) is 13.2 Å².